The van der Waals surface area contributed by atoms with Crippen LogP contribution in [0.25, 0.3) is 0 Å². The Morgan fingerprint density at radius 3 is 2.80 bits per heavy atom. The average molecular weight is 275 g/mol. The minimum Gasteiger partial charge on any atom is -0.350 e. The van der Waals surface area contributed by atoms with Crippen molar-refractivity contribution >= 4 is 17.6 Å². The average Bonchev–Trinajstić information content (AvgIpc) is 2.89. The molecule has 0 aliphatic carbocycles. The highest BCUT2D eigenvalue weighted by Gasteiger charge is 2.25. The third-order valence-electron chi connectivity index (χ3n) is 3.69. The van der Waals surface area contributed by atoms with Gasteiger partial charge in [-0.05, 0) is 37.5 Å². The summed E-state index contributed by atoms with van der Waals surface area (Å²) in [6.45, 7) is 4.66. The molecule has 5 nitrogen and oxygen atoms in total. The SMILES string of the molecule is CC[C@H](C)NC(=O)c1ccc2c(c1)N(C(=O)NC)CC2. The normalized spacial score (nSPS) is 14.7. The summed E-state index contributed by atoms with van der Waals surface area (Å²) < 4.78 is 0. The van der Waals surface area contributed by atoms with Gasteiger partial charge in [-0.1, -0.05) is 13.0 Å². The molecule has 0 saturated carbocycles. The zero-order chi connectivity index (χ0) is 14.7. The highest BCUT2D eigenvalue weighted by Crippen LogP contribution is 2.29. The van der Waals surface area contributed by atoms with Gasteiger partial charge in [-0.3, -0.25) is 9.69 Å². The fourth-order valence-electron chi connectivity index (χ4n) is 2.28. The van der Waals surface area contributed by atoms with Crippen molar-refractivity contribution in [3.8, 4) is 0 Å². The summed E-state index contributed by atoms with van der Waals surface area (Å²) in [6, 6.07) is 5.57. The molecule has 1 aliphatic heterocycles. The highest BCUT2D eigenvalue weighted by atomic mass is 16.2. The quantitative estimate of drug-likeness (QED) is 0.885. The summed E-state index contributed by atoms with van der Waals surface area (Å²) in [5, 5.41) is 5.56. The van der Waals surface area contributed by atoms with E-state index in [0.29, 0.717) is 12.1 Å². The van der Waals surface area contributed by atoms with E-state index in [1.54, 1.807) is 18.0 Å². The van der Waals surface area contributed by atoms with E-state index in [9.17, 15) is 9.59 Å². The van der Waals surface area contributed by atoms with Crippen LogP contribution in [-0.4, -0.2) is 31.6 Å². The third kappa shape index (κ3) is 2.76. The Kier molecular flexibility index (Phi) is 4.27. The van der Waals surface area contributed by atoms with Crippen molar-refractivity contribution in [2.75, 3.05) is 18.5 Å². The summed E-state index contributed by atoms with van der Waals surface area (Å²) in [5.41, 5.74) is 2.54. The molecular weight excluding hydrogens is 254 g/mol. The van der Waals surface area contributed by atoms with E-state index in [0.717, 1.165) is 24.1 Å². The second kappa shape index (κ2) is 5.94. The molecule has 5 heteroatoms. The number of rotatable bonds is 3. The second-order valence-electron chi connectivity index (χ2n) is 5.08. The van der Waals surface area contributed by atoms with Crippen LogP contribution in [0.1, 0.15) is 36.2 Å². The van der Waals surface area contributed by atoms with E-state index in [-0.39, 0.29) is 18.0 Å². The summed E-state index contributed by atoms with van der Waals surface area (Å²) in [5.74, 6) is -0.0918. The van der Waals surface area contributed by atoms with Crippen LogP contribution in [0, 0.1) is 0 Å². The molecule has 20 heavy (non-hydrogen) atoms. The van der Waals surface area contributed by atoms with Crippen molar-refractivity contribution in [1.82, 2.24) is 10.6 Å². The van der Waals surface area contributed by atoms with Gasteiger partial charge in [0.05, 0.1) is 0 Å². The van der Waals surface area contributed by atoms with Crippen LogP contribution in [-0.2, 0) is 6.42 Å². The first-order chi connectivity index (χ1) is 9.56. The molecule has 2 rings (SSSR count). The summed E-state index contributed by atoms with van der Waals surface area (Å²) in [7, 11) is 1.61. The van der Waals surface area contributed by atoms with Gasteiger partial charge in [-0.15, -0.1) is 0 Å². The molecule has 108 valence electrons. The molecular formula is C15H21N3O2. The number of hydrogen-bond acceptors (Lipinski definition) is 2. The van der Waals surface area contributed by atoms with Gasteiger partial charge in [-0.2, -0.15) is 0 Å². The number of amides is 3. The lowest BCUT2D eigenvalue weighted by Gasteiger charge is -2.17. The Hall–Kier alpha value is -2.04. The molecule has 1 aromatic carbocycles. The molecule has 0 aromatic heterocycles. The molecule has 3 amide bonds. The molecule has 0 saturated heterocycles. The van der Waals surface area contributed by atoms with Gasteiger partial charge in [0, 0.05) is 30.9 Å². The van der Waals surface area contributed by atoms with Crippen LogP contribution in [0.15, 0.2) is 18.2 Å². The van der Waals surface area contributed by atoms with Crippen LogP contribution in [0.2, 0.25) is 0 Å². The number of carbonyl (C=O) groups is 2. The summed E-state index contributed by atoms with van der Waals surface area (Å²) in [6.07, 6.45) is 1.72. The van der Waals surface area contributed by atoms with Crippen molar-refractivity contribution in [2.45, 2.75) is 32.7 Å². The molecule has 1 heterocycles. The van der Waals surface area contributed by atoms with E-state index in [2.05, 4.69) is 10.6 Å². The highest BCUT2D eigenvalue weighted by molar-refractivity contribution is 5.99. The fraction of sp³-hybridized carbons (Fsp3) is 0.467. The van der Waals surface area contributed by atoms with Gasteiger partial charge in [0.2, 0.25) is 0 Å². The Balaban J connectivity index is 2.23. The lowest BCUT2D eigenvalue weighted by molar-refractivity contribution is 0.0939. The van der Waals surface area contributed by atoms with Crippen molar-refractivity contribution < 1.29 is 9.59 Å². The van der Waals surface area contributed by atoms with E-state index in [1.165, 1.54) is 0 Å². The van der Waals surface area contributed by atoms with E-state index >= 15 is 0 Å². The Morgan fingerprint density at radius 1 is 1.40 bits per heavy atom. The Morgan fingerprint density at radius 2 is 2.15 bits per heavy atom. The smallest absolute Gasteiger partial charge is 0.321 e. The summed E-state index contributed by atoms with van der Waals surface area (Å²) >= 11 is 0. The number of fused-ring (bicyclic) bond motifs is 1. The van der Waals surface area contributed by atoms with Crippen molar-refractivity contribution in [2.24, 2.45) is 0 Å². The van der Waals surface area contributed by atoms with E-state index in [1.807, 2.05) is 26.0 Å². The monoisotopic (exact) mass is 275 g/mol. The van der Waals surface area contributed by atoms with Crippen LogP contribution < -0.4 is 15.5 Å². The molecule has 0 fully saturated rings. The predicted molar refractivity (Wildman–Crippen MR) is 79.2 cm³/mol. The maximum Gasteiger partial charge on any atom is 0.321 e. The zero-order valence-corrected chi connectivity index (χ0v) is 12.2. The fourth-order valence-corrected chi connectivity index (χ4v) is 2.28. The van der Waals surface area contributed by atoms with Gasteiger partial charge in [0.15, 0.2) is 0 Å². The Labute approximate surface area is 119 Å². The van der Waals surface area contributed by atoms with Gasteiger partial charge in [-0.25, -0.2) is 4.79 Å². The lowest BCUT2D eigenvalue weighted by Crippen LogP contribution is -2.37. The molecule has 0 bridgehead atoms. The second-order valence-corrected chi connectivity index (χ2v) is 5.08. The number of carbonyl (C=O) groups excluding carboxylic acids is 2. The number of nitrogens with zero attached hydrogens (tertiary/aromatic N) is 1. The van der Waals surface area contributed by atoms with E-state index in [4.69, 9.17) is 0 Å². The van der Waals surface area contributed by atoms with Crippen LogP contribution >= 0.6 is 0 Å². The molecule has 0 radical (unpaired) electrons. The first-order valence-corrected chi connectivity index (χ1v) is 6.99. The maximum absolute atomic E-state index is 12.1. The molecule has 0 unspecified atom stereocenters. The third-order valence-corrected chi connectivity index (χ3v) is 3.69. The van der Waals surface area contributed by atoms with Crippen molar-refractivity contribution in [3.05, 3.63) is 29.3 Å². The molecule has 2 N–H and O–H groups in total. The maximum atomic E-state index is 12.1. The Bertz CT molecular complexity index is 528. The molecule has 1 atom stereocenters. The van der Waals surface area contributed by atoms with Crippen LogP contribution in [0.5, 0.6) is 0 Å². The van der Waals surface area contributed by atoms with Crippen molar-refractivity contribution in [1.29, 1.82) is 0 Å². The zero-order valence-electron chi connectivity index (χ0n) is 12.2. The van der Waals surface area contributed by atoms with Crippen LogP contribution in [0.3, 0.4) is 0 Å². The number of urea groups is 1. The molecule has 1 aliphatic rings. The van der Waals surface area contributed by atoms with E-state index < -0.39 is 0 Å². The topological polar surface area (TPSA) is 61.4 Å². The predicted octanol–water partition coefficient (Wildman–Crippen LogP) is 1.92. The van der Waals surface area contributed by atoms with Gasteiger partial charge in [0.25, 0.3) is 5.91 Å². The first-order valence-electron chi connectivity index (χ1n) is 6.99. The number of anilines is 1. The van der Waals surface area contributed by atoms with Gasteiger partial charge in [0.1, 0.15) is 0 Å². The minimum absolute atomic E-state index is 0.0918. The lowest BCUT2D eigenvalue weighted by atomic mass is 10.1. The first kappa shape index (κ1) is 14.4. The largest absolute Gasteiger partial charge is 0.350 e. The molecule has 1 aromatic rings. The molecule has 0 spiro atoms. The van der Waals surface area contributed by atoms with Crippen LogP contribution in [0.4, 0.5) is 10.5 Å². The van der Waals surface area contributed by atoms with Crippen molar-refractivity contribution in [3.63, 3.8) is 0 Å². The van der Waals surface area contributed by atoms with Gasteiger partial charge < -0.3 is 10.6 Å². The minimum atomic E-state index is -0.136. The standard InChI is InChI=1S/C15H21N3O2/c1-4-10(2)17-14(19)12-6-5-11-7-8-18(13(11)9-12)15(20)16-3/h5-6,9-10H,4,7-8H2,1-3H3,(H,16,20)(H,17,19)/t10-/m0/s1. The number of benzene rings is 1. The number of nitrogens with one attached hydrogen (secondary N) is 2. The number of hydrogen-bond donors (Lipinski definition) is 2. The summed E-state index contributed by atoms with van der Waals surface area (Å²) in [4.78, 5) is 25.6. The van der Waals surface area contributed by atoms with Gasteiger partial charge >= 0.3 is 6.03 Å².